The van der Waals surface area contributed by atoms with E-state index >= 15 is 0 Å². The smallest absolute Gasteiger partial charge is 0.313 e. The maximum Gasteiger partial charge on any atom is 0.313 e. The van der Waals surface area contributed by atoms with Gasteiger partial charge in [0.25, 0.3) is 0 Å². The number of primary sulfonamides is 1. The molecule has 1 heterocycles. The molecule has 0 radical (unpaired) electrons. The van der Waals surface area contributed by atoms with Gasteiger partial charge in [0, 0.05) is 16.7 Å². The highest BCUT2D eigenvalue weighted by atomic mass is 32.2. The molecular formula is C24H23N5O6S. The number of imidazole rings is 1. The van der Waals surface area contributed by atoms with Crippen LogP contribution < -0.4 is 10.9 Å². The fraction of sp³-hybridized carbons (Fsp3) is 0.125. The van der Waals surface area contributed by atoms with Crippen LogP contribution in [0.3, 0.4) is 0 Å². The first-order valence-electron chi connectivity index (χ1n) is 10.5. The van der Waals surface area contributed by atoms with Gasteiger partial charge in [-0.2, -0.15) is 0 Å². The fourth-order valence-electron chi connectivity index (χ4n) is 3.72. The zero-order valence-electron chi connectivity index (χ0n) is 19.2. The number of phenolic OH excluding ortho intramolecular Hbond substituents is 2. The summed E-state index contributed by atoms with van der Waals surface area (Å²) in [5, 5.41) is 44.5. The van der Waals surface area contributed by atoms with Crippen molar-refractivity contribution < 1.29 is 28.5 Å². The van der Waals surface area contributed by atoms with Crippen LogP contribution in [-0.4, -0.2) is 45.5 Å². The summed E-state index contributed by atoms with van der Waals surface area (Å²) >= 11 is 0. The first-order chi connectivity index (χ1) is 16.7. The van der Waals surface area contributed by atoms with Crippen LogP contribution in [0.25, 0.3) is 33.5 Å². The van der Waals surface area contributed by atoms with Crippen molar-refractivity contribution in [1.82, 2.24) is 9.97 Å². The number of aromatic nitrogens is 2. The number of aromatic hydroxyl groups is 2. The summed E-state index contributed by atoms with van der Waals surface area (Å²) in [5.41, 5.74) is 5.86. The summed E-state index contributed by atoms with van der Waals surface area (Å²) in [7, 11) is -4.14. The topological polar surface area (TPSA) is 216 Å². The van der Waals surface area contributed by atoms with E-state index in [1.54, 1.807) is 18.2 Å². The molecule has 4 rings (SSSR count). The quantitative estimate of drug-likeness (QED) is 0.151. The van der Waals surface area contributed by atoms with Gasteiger partial charge < -0.3 is 26.0 Å². The Balaban J connectivity index is 2.04. The van der Waals surface area contributed by atoms with Crippen LogP contribution in [0, 0.1) is 5.41 Å². The van der Waals surface area contributed by atoms with E-state index in [1.165, 1.54) is 26.0 Å². The third kappa shape index (κ3) is 4.23. The Morgan fingerprint density at radius 2 is 1.69 bits per heavy atom. The number of aromatic amines is 1. The third-order valence-electron chi connectivity index (χ3n) is 6.00. The van der Waals surface area contributed by atoms with E-state index in [2.05, 4.69) is 9.97 Å². The van der Waals surface area contributed by atoms with Gasteiger partial charge in [0.1, 0.15) is 23.2 Å². The molecule has 0 amide bonds. The minimum Gasteiger partial charge on any atom is -0.507 e. The molecule has 0 atom stereocenters. The molecule has 0 saturated heterocycles. The van der Waals surface area contributed by atoms with Gasteiger partial charge in [0.2, 0.25) is 10.0 Å². The fourth-order valence-corrected chi connectivity index (χ4v) is 4.26. The molecule has 3 aromatic carbocycles. The number of nitrogens with two attached hydrogens (primary N) is 2. The monoisotopic (exact) mass is 509 g/mol. The lowest BCUT2D eigenvalue weighted by Crippen LogP contribution is -2.28. The lowest BCUT2D eigenvalue weighted by atomic mass is 9.81. The molecule has 0 bridgehead atoms. The zero-order valence-corrected chi connectivity index (χ0v) is 20.0. The van der Waals surface area contributed by atoms with Crippen molar-refractivity contribution in [3.8, 4) is 34.0 Å². The number of amidine groups is 1. The van der Waals surface area contributed by atoms with Crippen LogP contribution in [0.5, 0.6) is 11.5 Å². The van der Waals surface area contributed by atoms with Gasteiger partial charge in [-0.25, -0.2) is 18.5 Å². The molecule has 186 valence electrons. The number of carbonyl (C=O) groups is 1. The first kappa shape index (κ1) is 24.7. The van der Waals surface area contributed by atoms with Gasteiger partial charge in [-0.15, -0.1) is 0 Å². The number of aliphatic carboxylic acids is 1. The standard InChI is InChI=1S/C24H23N5O6S/c1-24(2,23(32)33)12-8-15(14-10-13(36(27,34)35)4-6-19(14)30)20(31)16(9-12)22-28-17-5-3-11(21(25)26)7-18(17)29-22/h3-10,30-31H,1-2H3,(H3,25,26)(H,28,29)(H,32,33)(H2,27,34,35). The number of carboxylic acid groups (broad SMARTS) is 1. The molecule has 0 spiro atoms. The minimum atomic E-state index is -4.14. The number of nitrogens with one attached hydrogen (secondary N) is 2. The summed E-state index contributed by atoms with van der Waals surface area (Å²) < 4.78 is 23.8. The van der Waals surface area contributed by atoms with Crippen molar-refractivity contribution in [2.75, 3.05) is 0 Å². The SMILES string of the molecule is CC(C)(C(=O)O)c1cc(-c2nc3ccc(C(=N)N)cc3[nH]2)c(O)c(-c2cc(S(N)(=O)=O)ccc2O)c1. The van der Waals surface area contributed by atoms with E-state index in [-0.39, 0.29) is 50.3 Å². The predicted octanol–water partition coefficient (Wildman–Crippen LogP) is 2.60. The van der Waals surface area contributed by atoms with Gasteiger partial charge in [0.15, 0.2) is 0 Å². The second kappa shape index (κ2) is 8.36. The molecule has 0 saturated carbocycles. The normalized spacial score (nSPS) is 12.1. The Kier molecular flexibility index (Phi) is 5.73. The molecule has 0 aliphatic heterocycles. The number of hydrogen-bond acceptors (Lipinski definition) is 7. The highest BCUT2D eigenvalue weighted by molar-refractivity contribution is 7.89. The Morgan fingerprint density at radius 1 is 1.03 bits per heavy atom. The highest BCUT2D eigenvalue weighted by Crippen LogP contribution is 2.44. The van der Waals surface area contributed by atoms with Crippen LogP contribution in [0.2, 0.25) is 0 Å². The molecule has 1 aromatic heterocycles. The first-order valence-corrected chi connectivity index (χ1v) is 12.1. The van der Waals surface area contributed by atoms with Crippen molar-refractivity contribution in [3.63, 3.8) is 0 Å². The number of benzene rings is 3. The number of rotatable bonds is 6. The van der Waals surface area contributed by atoms with E-state index in [0.29, 0.717) is 16.6 Å². The molecule has 9 N–H and O–H groups in total. The van der Waals surface area contributed by atoms with Gasteiger partial charge in [-0.05, 0) is 67.9 Å². The van der Waals surface area contributed by atoms with E-state index in [1.807, 2.05) is 0 Å². The highest BCUT2D eigenvalue weighted by Gasteiger charge is 2.32. The van der Waals surface area contributed by atoms with Crippen molar-refractivity contribution in [2.24, 2.45) is 10.9 Å². The molecule has 36 heavy (non-hydrogen) atoms. The van der Waals surface area contributed by atoms with E-state index < -0.39 is 21.4 Å². The molecule has 0 aliphatic carbocycles. The Hall–Kier alpha value is -4.42. The predicted molar refractivity (Wildman–Crippen MR) is 133 cm³/mol. The van der Waals surface area contributed by atoms with Crippen LogP contribution in [-0.2, 0) is 20.2 Å². The lowest BCUT2D eigenvalue weighted by molar-refractivity contribution is -0.142. The van der Waals surface area contributed by atoms with Crippen molar-refractivity contribution >= 4 is 32.9 Å². The summed E-state index contributed by atoms with van der Waals surface area (Å²) in [5.74, 6) is -1.86. The van der Waals surface area contributed by atoms with Gasteiger partial charge in [0.05, 0.1) is 26.9 Å². The zero-order chi connectivity index (χ0) is 26.6. The molecule has 4 aromatic rings. The largest absolute Gasteiger partial charge is 0.507 e. The second-order valence-corrected chi connectivity index (χ2v) is 10.4. The van der Waals surface area contributed by atoms with Crippen LogP contribution >= 0.6 is 0 Å². The lowest BCUT2D eigenvalue weighted by Gasteiger charge is -2.23. The maximum atomic E-state index is 12.0. The second-order valence-electron chi connectivity index (χ2n) is 8.81. The summed E-state index contributed by atoms with van der Waals surface area (Å²) in [6, 6.07) is 11.0. The number of carboxylic acids is 1. The molecule has 0 fully saturated rings. The van der Waals surface area contributed by atoms with Crippen molar-refractivity contribution in [2.45, 2.75) is 24.2 Å². The summed E-state index contributed by atoms with van der Waals surface area (Å²) in [4.78, 5) is 19.2. The minimum absolute atomic E-state index is 0.0234. The average molecular weight is 510 g/mol. The Labute approximate surface area is 205 Å². The van der Waals surface area contributed by atoms with Crippen molar-refractivity contribution in [1.29, 1.82) is 5.41 Å². The molecule has 0 unspecified atom stereocenters. The van der Waals surface area contributed by atoms with Crippen LogP contribution in [0.4, 0.5) is 0 Å². The molecule has 12 heteroatoms. The van der Waals surface area contributed by atoms with Crippen LogP contribution in [0.1, 0.15) is 25.0 Å². The number of fused-ring (bicyclic) bond motifs is 1. The number of phenols is 2. The molecular weight excluding hydrogens is 486 g/mol. The molecule has 0 aliphatic rings. The van der Waals surface area contributed by atoms with Crippen molar-refractivity contribution in [3.05, 3.63) is 59.7 Å². The van der Waals surface area contributed by atoms with E-state index in [4.69, 9.17) is 16.3 Å². The van der Waals surface area contributed by atoms with E-state index in [9.17, 15) is 28.5 Å². The number of hydrogen-bond donors (Lipinski definition) is 7. The maximum absolute atomic E-state index is 12.0. The number of nitrogen functional groups attached to an aromatic ring is 1. The third-order valence-corrected chi connectivity index (χ3v) is 6.91. The van der Waals surface area contributed by atoms with Gasteiger partial charge >= 0.3 is 5.97 Å². The molecule has 11 nitrogen and oxygen atoms in total. The Bertz CT molecular complexity index is 1670. The summed E-state index contributed by atoms with van der Waals surface area (Å²) in [6.45, 7) is 2.93. The van der Waals surface area contributed by atoms with Gasteiger partial charge in [-0.1, -0.05) is 0 Å². The van der Waals surface area contributed by atoms with Gasteiger partial charge in [-0.3, -0.25) is 10.2 Å². The number of sulfonamides is 1. The number of nitrogens with zero attached hydrogens (tertiary/aromatic N) is 1. The van der Waals surface area contributed by atoms with Crippen LogP contribution in [0.15, 0.2) is 53.4 Å². The summed E-state index contributed by atoms with van der Waals surface area (Å²) in [6.07, 6.45) is 0. The number of H-pyrrole nitrogens is 1. The average Bonchev–Trinajstić information content (AvgIpc) is 3.21. The Morgan fingerprint density at radius 3 is 2.31 bits per heavy atom. The van der Waals surface area contributed by atoms with E-state index in [0.717, 1.165) is 18.2 Å².